The van der Waals surface area contributed by atoms with Crippen molar-refractivity contribution in [1.29, 1.82) is 0 Å². The summed E-state index contributed by atoms with van der Waals surface area (Å²) in [5.74, 6) is 0.464. The SMILES string of the molecule is O=C(Nc1ccc(C(=O)N2CCOCC2)cc1)c1ccc2c(=O)n3c(nc2c1)CCCCC3. The van der Waals surface area contributed by atoms with Crippen molar-refractivity contribution >= 4 is 28.4 Å². The first kappa shape index (κ1) is 21.3. The molecule has 3 aromatic rings. The molecule has 0 radical (unpaired) electrons. The summed E-state index contributed by atoms with van der Waals surface area (Å²) in [5, 5.41) is 3.39. The number of nitrogens with one attached hydrogen (secondary N) is 1. The van der Waals surface area contributed by atoms with Crippen molar-refractivity contribution in [2.75, 3.05) is 31.6 Å². The summed E-state index contributed by atoms with van der Waals surface area (Å²) in [5.41, 5.74) is 2.11. The number of hydrogen-bond acceptors (Lipinski definition) is 5. The van der Waals surface area contributed by atoms with E-state index in [0.717, 1.165) is 31.5 Å². The van der Waals surface area contributed by atoms with Crippen LogP contribution in [-0.2, 0) is 17.7 Å². The van der Waals surface area contributed by atoms with Crippen molar-refractivity contribution in [3.8, 4) is 0 Å². The van der Waals surface area contributed by atoms with Crippen LogP contribution < -0.4 is 10.9 Å². The minimum Gasteiger partial charge on any atom is -0.378 e. The van der Waals surface area contributed by atoms with E-state index in [2.05, 4.69) is 5.32 Å². The zero-order valence-electron chi connectivity index (χ0n) is 18.4. The van der Waals surface area contributed by atoms with Crippen molar-refractivity contribution in [2.45, 2.75) is 32.2 Å². The number of morpholine rings is 1. The van der Waals surface area contributed by atoms with E-state index in [1.807, 2.05) is 0 Å². The first-order valence-corrected chi connectivity index (χ1v) is 11.4. The van der Waals surface area contributed by atoms with Gasteiger partial charge >= 0.3 is 0 Å². The Labute approximate surface area is 191 Å². The van der Waals surface area contributed by atoms with E-state index in [1.54, 1.807) is 51.9 Å². The van der Waals surface area contributed by atoms with Crippen molar-refractivity contribution in [3.63, 3.8) is 0 Å². The third-order valence-corrected chi connectivity index (χ3v) is 6.27. The Morgan fingerprint density at radius 1 is 0.909 bits per heavy atom. The zero-order chi connectivity index (χ0) is 22.8. The molecule has 170 valence electrons. The quantitative estimate of drug-likeness (QED) is 0.668. The maximum Gasteiger partial charge on any atom is 0.261 e. The average Bonchev–Trinajstić information content (AvgIpc) is 3.10. The molecule has 5 rings (SSSR count). The largest absolute Gasteiger partial charge is 0.378 e. The summed E-state index contributed by atoms with van der Waals surface area (Å²) in [6.45, 7) is 2.97. The molecule has 1 aromatic heterocycles. The molecule has 2 aliphatic heterocycles. The predicted octanol–water partition coefficient (Wildman–Crippen LogP) is 2.85. The molecule has 1 saturated heterocycles. The topological polar surface area (TPSA) is 93.5 Å². The van der Waals surface area contributed by atoms with Gasteiger partial charge in [0.2, 0.25) is 0 Å². The molecule has 0 spiro atoms. The lowest BCUT2D eigenvalue weighted by Crippen LogP contribution is -2.40. The minimum absolute atomic E-state index is 0.0376. The smallest absolute Gasteiger partial charge is 0.261 e. The molecular weight excluding hydrogens is 420 g/mol. The van der Waals surface area contributed by atoms with Crippen LogP contribution in [0.3, 0.4) is 0 Å². The molecule has 8 nitrogen and oxygen atoms in total. The second-order valence-corrected chi connectivity index (χ2v) is 8.46. The molecule has 0 atom stereocenters. The molecule has 8 heteroatoms. The van der Waals surface area contributed by atoms with Crippen molar-refractivity contribution in [3.05, 3.63) is 69.8 Å². The second kappa shape index (κ2) is 9.15. The highest BCUT2D eigenvalue weighted by atomic mass is 16.5. The molecule has 2 amide bonds. The van der Waals surface area contributed by atoms with E-state index in [9.17, 15) is 14.4 Å². The van der Waals surface area contributed by atoms with Gasteiger partial charge in [-0.05, 0) is 55.3 Å². The average molecular weight is 447 g/mol. The van der Waals surface area contributed by atoms with Gasteiger partial charge in [-0.15, -0.1) is 0 Å². The number of aromatic nitrogens is 2. The zero-order valence-corrected chi connectivity index (χ0v) is 18.4. The van der Waals surface area contributed by atoms with Crippen LogP contribution >= 0.6 is 0 Å². The molecule has 0 unspecified atom stereocenters. The van der Waals surface area contributed by atoms with Crippen molar-refractivity contribution in [2.24, 2.45) is 0 Å². The normalized spacial score (nSPS) is 16.2. The molecule has 3 heterocycles. The Balaban J connectivity index is 1.33. The van der Waals surface area contributed by atoms with Gasteiger partial charge in [-0.2, -0.15) is 0 Å². The Morgan fingerprint density at radius 2 is 1.67 bits per heavy atom. The number of aryl methyl sites for hydroxylation is 1. The van der Waals surface area contributed by atoms with Crippen LogP contribution in [0.5, 0.6) is 0 Å². The van der Waals surface area contributed by atoms with Gasteiger partial charge in [0, 0.05) is 42.9 Å². The summed E-state index contributed by atoms with van der Waals surface area (Å²) >= 11 is 0. The molecule has 0 aliphatic carbocycles. The second-order valence-electron chi connectivity index (χ2n) is 8.46. The number of anilines is 1. The number of ether oxygens (including phenoxy) is 1. The Morgan fingerprint density at radius 3 is 2.45 bits per heavy atom. The lowest BCUT2D eigenvalue weighted by molar-refractivity contribution is 0.0303. The maximum atomic E-state index is 12.9. The van der Waals surface area contributed by atoms with Gasteiger partial charge in [0.15, 0.2) is 0 Å². The number of carbonyl (C=O) groups is 2. The maximum absolute atomic E-state index is 12.9. The van der Waals surface area contributed by atoms with Gasteiger partial charge in [0.1, 0.15) is 5.82 Å². The Hall–Kier alpha value is -3.52. The van der Waals surface area contributed by atoms with Crippen LogP contribution in [0.1, 0.15) is 45.8 Å². The van der Waals surface area contributed by atoms with Crippen LogP contribution in [-0.4, -0.2) is 52.6 Å². The van der Waals surface area contributed by atoms with Gasteiger partial charge in [-0.1, -0.05) is 6.42 Å². The monoisotopic (exact) mass is 446 g/mol. The van der Waals surface area contributed by atoms with Crippen LogP contribution in [0, 0.1) is 0 Å². The Kier molecular flexibility index (Phi) is 5.92. The van der Waals surface area contributed by atoms with Gasteiger partial charge in [0.05, 0.1) is 24.1 Å². The lowest BCUT2D eigenvalue weighted by Gasteiger charge is -2.26. The fourth-order valence-electron chi connectivity index (χ4n) is 4.41. The lowest BCUT2D eigenvalue weighted by atomic mass is 10.1. The molecule has 2 aromatic carbocycles. The molecule has 33 heavy (non-hydrogen) atoms. The number of amides is 2. The fourth-order valence-corrected chi connectivity index (χ4v) is 4.41. The highest BCUT2D eigenvalue weighted by molar-refractivity contribution is 6.06. The number of hydrogen-bond donors (Lipinski definition) is 1. The van der Waals surface area contributed by atoms with Gasteiger partial charge in [-0.25, -0.2) is 4.98 Å². The van der Waals surface area contributed by atoms with E-state index in [1.165, 1.54) is 0 Å². The number of rotatable bonds is 3. The first-order chi connectivity index (χ1) is 16.1. The van der Waals surface area contributed by atoms with Gasteiger partial charge in [0.25, 0.3) is 17.4 Å². The standard InChI is InChI=1S/C25H26N4O4/c30-23(26-19-8-5-17(6-9-19)24(31)28-12-14-33-15-13-28)18-7-10-20-21(16-18)27-22-4-2-1-3-11-29(22)25(20)32/h5-10,16H,1-4,11-15H2,(H,26,30). The number of carbonyl (C=O) groups excluding carboxylic acids is 2. The summed E-state index contributed by atoms with van der Waals surface area (Å²) in [6.07, 6.45) is 3.86. The molecule has 1 N–H and O–H groups in total. The minimum atomic E-state index is -0.291. The van der Waals surface area contributed by atoms with Crippen molar-refractivity contribution < 1.29 is 14.3 Å². The van der Waals surface area contributed by atoms with Crippen LogP contribution in [0.15, 0.2) is 47.3 Å². The van der Waals surface area contributed by atoms with E-state index in [4.69, 9.17) is 9.72 Å². The fraction of sp³-hybridized carbons (Fsp3) is 0.360. The third-order valence-electron chi connectivity index (χ3n) is 6.27. The molecule has 0 bridgehead atoms. The first-order valence-electron chi connectivity index (χ1n) is 11.4. The van der Waals surface area contributed by atoms with Crippen LogP contribution in [0.2, 0.25) is 0 Å². The predicted molar refractivity (Wildman–Crippen MR) is 125 cm³/mol. The summed E-state index contributed by atoms with van der Waals surface area (Å²) in [6, 6.07) is 11.9. The molecular formula is C25H26N4O4. The van der Waals surface area contributed by atoms with E-state index in [0.29, 0.717) is 60.6 Å². The molecule has 0 saturated carbocycles. The van der Waals surface area contributed by atoms with E-state index < -0.39 is 0 Å². The summed E-state index contributed by atoms with van der Waals surface area (Å²) in [4.78, 5) is 44.8. The van der Waals surface area contributed by atoms with E-state index in [-0.39, 0.29) is 17.4 Å². The van der Waals surface area contributed by atoms with Crippen LogP contribution in [0.25, 0.3) is 10.9 Å². The van der Waals surface area contributed by atoms with E-state index >= 15 is 0 Å². The number of nitrogens with zero attached hydrogens (tertiary/aromatic N) is 3. The highest BCUT2D eigenvalue weighted by Gasteiger charge is 2.19. The highest BCUT2D eigenvalue weighted by Crippen LogP contribution is 2.18. The summed E-state index contributed by atoms with van der Waals surface area (Å²) in [7, 11) is 0. The van der Waals surface area contributed by atoms with Crippen molar-refractivity contribution in [1.82, 2.24) is 14.5 Å². The van der Waals surface area contributed by atoms with Gasteiger partial charge in [-0.3, -0.25) is 19.0 Å². The number of benzene rings is 2. The number of fused-ring (bicyclic) bond motifs is 2. The van der Waals surface area contributed by atoms with Gasteiger partial charge < -0.3 is 15.0 Å². The molecule has 1 fully saturated rings. The van der Waals surface area contributed by atoms with Crippen LogP contribution in [0.4, 0.5) is 5.69 Å². The Bertz CT molecular complexity index is 1260. The summed E-state index contributed by atoms with van der Waals surface area (Å²) < 4.78 is 7.07. The molecule has 2 aliphatic rings. The third kappa shape index (κ3) is 4.39.